The highest BCUT2D eigenvalue weighted by Crippen LogP contribution is 2.30. The Hall–Kier alpha value is -1.46. The molecular formula is C17H23FN2O2. The summed E-state index contributed by atoms with van der Waals surface area (Å²) in [6, 6.07) is 6.33. The molecule has 0 radical (unpaired) electrons. The molecule has 5 heteroatoms. The van der Waals surface area contributed by atoms with Crippen LogP contribution in [0.3, 0.4) is 0 Å². The maximum absolute atomic E-state index is 14.1. The number of methoxy groups -OCH3 is 1. The first-order valence-electron chi connectivity index (χ1n) is 8.01. The molecule has 1 aromatic carbocycles. The maximum Gasteiger partial charge on any atom is 0.327 e. The van der Waals surface area contributed by atoms with Crippen molar-refractivity contribution >= 4 is 5.97 Å². The van der Waals surface area contributed by atoms with Gasteiger partial charge in [-0.1, -0.05) is 18.2 Å². The Balaban J connectivity index is 1.79. The third kappa shape index (κ3) is 3.01. The summed E-state index contributed by atoms with van der Waals surface area (Å²) in [7, 11) is 1.37. The van der Waals surface area contributed by atoms with Crippen LogP contribution in [-0.4, -0.2) is 55.1 Å². The van der Waals surface area contributed by atoms with Gasteiger partial charge in [-0.15, -0.1) is 0 Å². The van der Waals surface area contributed by atoms with Gasteiger partial charge in [-0.05, 0) is 38.4 Å². The second kappa shape index (κ2) is 6.75. The van der Waals surface area contributed by atoms with Gasteiger partial charge in [0.25, 0.3) is 0 Å². The zero-order valence-electron chi connectivity index (χ0n) is 13.0. The van der Waals surface area contributed by atoms with Crippen LogP contribution in [0.4, 0.5) is 4.39 Å². The molecule has 0 bridgehead atoms. The fraction of sp³-hybridized carbons (Fsp3) is 0.588. The lowest BCUT2D eigenvalue weighted by atomic mass is 10.1. The first-order chi connectivity index (χ1) is 10.7. The molecule has 2 aliphatic heterocycles. The monoisotopic (exact) mass is 306 g/mol. The first kappa shape index (κ1) is 15.4. The van der Waals surface area contributed by atoms with Crippen LogP contribution in [0.5, 0.6) is 0 Å². The van der Waals surface area contributed by atoms with Gasteiger partial charge in [-0.2, -0.15) is 0 Å². The third-order valence-electron chi connectivity index (χ3n) is 4.84. The smallest absolute Gasteiger partial charge is 0.327 e. The van der Waals surface area contributed by atoms with Gasteiger partial charge in [0.2, 0.25) is 0 Å². The van der Waals surface area contributed by atoms with Crippen molar-refractivity contribution in [1.29, 1.82) is 0 Å². The number of benzene rings is 1. The Morgan fingerprint density at radius 3 is 2.68 bits per heavy atom. The van der Waals surface area contributed by atoms with Crippen molar-refractivity contribution in [3.63, 3.8) is 0 Å². The molecule has 0 aliphatic carbocycles. The minimum atomic E-state index is -0.640. The van der Waals surface area contributed by atoms with E-state index in [1.807, 2.05) is 0 Å². The van der Waals surface area contributed by atoms with Crippen LogP contribution in [0.1, 0.15) is 30.9 Å². The van der Waals surface area contributed by atoms with Crippen LogP contribution in [0, 0.1) is 5.82 Å². The Kier molecular flexibility index (Phi) is 4.74. The number of carbonyl (C=O) groups is 1. The fourth-order valence-electron chi connectivity index (χ4n) is 3.69. The summed E-state index contributed by atoms with van der Waals surface area (Å²) in [5, 5.41) is 0. The molecule has 4 nitrogen and oxygen atoms in total. The van der Waals surface area contributed by atoms with Crippen molar-refractivity contribution < 1.29 is 13.9 Å². The molecule has 3 rings (SSSR count). The van der Waals surface area contributed by atoms with E-state index in [9.17, 15) is 9.18 Å². The molecule has 0 spiro atoms. The zero-order chi connectivity index (χ0) is 15.5. The lowest BCUT2D eigenvalue weighted by Gasteiger charge is -2.28. The molecule has 0 aromatic heterocycles. The largest absolute Gasteiger partial charge is 0.468 e. The molecule has 0 amide bonds. The Morgan fingerprint density at radius 1 is 1.27 bits per heavy atom. The summed E-state index contributed by atoms with van der Waals surface area (Å²) in [5.74, 6) is -0.727. The summed E-state index contributed by atoms with van der Waals surface area (Å²) in [6.45, 7) is 3.88. The molecule has 0 unspecified atom stereocenters. The highest BCUT2D eigenvalue weighted by Gasteiger charge is 2.37. The number of nitrogens with zero attached hydrogens (tertiary/aromatic N) is 2. The number of rotatable bonds is 4. The topological polar surface area (TPSA) is 32.8 Å². The molecule has 0 N–H and O–H groups in total. The van der Waals surface area contributed by atoms with E-state index < -0.39 is 6.04 Å². The molecule has 2 aliphatic rings. The SMILES string of the molecule is COC(=O)[C@H](c1ccccc1F)N1CC[C@H](N2CCCC2)C1. The number of halogens is 1. The van der Waals surface area contributed by atoms with Crippen molar-refractivity contribution in [2.24, 2.45) is 0 Å². The number of likely N-dealkylation sites (tertiary alicyclic amines) is 2. The van der Waals surface area contributed by atoms with Crippen LogP contribution in [-0.2, 0) is 9.53 Å². The van der Waals surface area contributed by atoms with E-state index in [-0.39, 0.29) is 11.8 Å². The Bertz CT molecular complexity index is 531. The fourth-order valence-corrected chi connectivity index (χ4v) is 3.69. The molecule has 1 aromatic rings. The van der Waals surface area contributed by atoms with Gasteiger partial charge in [0.1, 0.15) is 11.9 Å². The number of ether oxygens (including phenoxy) is 1. The number of esters is 1. The summed E-state index contributed by atoms with van der Waals surface area (Å²) in [6.07, 6.45) is 3.54. The number of hydrogen-bond donors (Lipinski definition) is 0. The Labute approximate surface area is 130 Å². The quantitative estimate of drug-likeness (QED) is 0.799. The minimum Gasteiger partial charge on any atom is -0.468 e. The van der Waals surface area contributed by atoms with Gasteiger partial charge < -0.3 is 4.74 Å². The predicted molar refractivity (Wildman–Crippen MR) is 81.9 cm³/mol. The van der Waals surface area contributed by atoms with E-state index in [0.29, 0.717) is 11.6 Å². The molecule has 120 valence electrons. The van der Waals surface area contributed by atoms with Gasteiger partial charge >= 0.3 is 5.97 Å². The molecule has 0 saturated carbocycles. The van der Waals surface area contributed by atoms with Crippen molar-refractivity contribution in [2.45, 2.75) is 31.3 Å². The summed E-state index contributed by atoms with van der Waals surface area (Å²) < 4.78 is 19.1. The van der Waals surface area contributed by atoms with Crippen LogP contribution >= 0.6 is 0 Å². The average Bonchev–Trinajstić information content (AvgIpc) is 3.20. The van der Waals surface area contributed by atoms with E-state index in [4.69, 9.17) is 4.74 Å². The van der Waals surface area contributed by atoms with E-state index in [1.54, 1.807) is 18.2 Å². The van der Waals surface area contributed by atoms with Gasteiger partial charge in [-0.25, -0.2) is 9.18 Å². The number of carbonyl (C=O) groups excluding carboxylic acids is 1. The van der Waals surface area contributed by atoms with E-state index >= 15 is 0 Å². The summed E-state index contributed by atoms with van der Waals surface area (Å²) >= 11 is 0. The van der Waals surface area contributed by atoms with Crippen LogP contribution < -0.4 is 0 Å². The van der Waals surface area contributed by atoms with Gasteiger partial charge in [0.05, 0.1) is 7.11 Å². The second-order valence-electron chi connectivity index (χ2n) is 6.13. The molecule has 22 heavy (non-hydrogen) atoms. The summed E-state index contributed by atoms with van der Waals surface area (Å²) in [5.41, 5.74) is 0.413. The molecule has 2 heterocycles. The standard InChI is InChI=1S/C17H23FN2O2/c1-22-17(21)16(14-6-2-3-7-15(14)18)20-11-8-13(12-20)19-9-4-5-10-19/h2-3,6-7,13,16H,4-5,8-12H2,1H3/t13-,16-/m0/s1. The lowest BCUT2D eigenvalue weighted by Crippen LogP contribution is -2.38. The van der Waals surface area contributed by atoms with Gasteiger partial charge in [0.15, 0.2) is 0 Å². The normalized spacial score (nSPS) is 24.5. The van der Waals surface area contributed by atoms with Crippen molar-refractivity contribution in [3.05, 3.63) is 35.6 Å². The van der Waals surface area contributed by atoms with Gasteiger partial charge in [0, 0.05) is 24.7 Å². The van der Waals surface area contributed by atoms with Crippen molar-refractivity contribution in [3.8, 4) is 0 Å². The highest BCUT2D eigenvalue weighted by molar-refractivity contribution is 5.77. The van der Waals surface area contributed by atoms with E-state index in [2.05, 4.69) is 9.80 Å². The van der Waals surface area contributed by atoms with Crippen LogP contribution in [0.25, 0.3) is 0 Å². The van der Waals surface area contributed by atoms with Gasteiger partial charge in [-0.3, -0.25) is 9.80 Å². The third-order valence-corrected chi connectivity index (χ3v) is 4.84. The first-order valence-corrected chi connectivity index (χ1v) is 8.01. The predicted octanol–water partition coefficient (Wildman–Crippen LogP) is 2.21. The minimum absolute atomic E-state index is 0.345. The number of hydrogen-bond acceptors (Lipinski definition) is 4. The van der Waals surface area contributed by atoms with E-state index in [0.717, 1.165) is 32.6 Å². The molecular weight excluding hydrogens is 283 g/mol. The van der Waals surface area contributed by atoms with E-state index in [1.165, 1.54) is 26.0 Å². The highest BCUT2D eigenvalue weighted by atomic mass is 19.1. The van der Waals surface area contributed by atoms with Crippen molar-refractivity contribution in [1.82, 2.24) is 9.80 Å². The second-order valence-corrected chi connectivity index (χ2v) is 6.13. The maximum atomic E-state index is 14.1. The zero-order valence-corrected chi connectivity index (χ0v) is 13.0. The van der Waals surface area contributed by atoms with Crippen LogP contribution in [0.2, 0.25) is 0 Å². The average molecular weight is 306 g/mol. The molecule has 2 saturated heterocycles. The van der Waals surface area contributed by atoms with Crippen LogP contribution in [0.15, 0.2) is 24.3 Å². The summed E-state index contributed by atoms with van der Waals surface area (Å²) in [4.78, 5) is 16.8. The lowest BCUT2D eigenvalue weighted by molar-refractivity contribution is -0.147. The van der Waals surface area contributed by atoms with Crippen molar-refractivity contribution in [2.75, 3.05) is 33.3 Å². The molecule has 2 fully saturated rings. The Morgan fingerprint density at radius 2 is 2.00 bits per heavy atom. The molecule has 2 atom stereocenters.